The van der Waals surface area contributed by atoms with Crippen LogP contribution in [0.1, 0.15) is 47.3 Å². The van der Waals surface area contributed by atoms with E-state index in [-0.39, 0.29) is 17.9 Å². The first kappa shape index (κ1) is 20.1. The number of amides is 1. The molecule has 3 rings (SSSR count). The van der Waals surface area contributed by atoms with E-state index >= 15 is 0 Å². The van der Waals surface area contributed by atoms with E-state index in [1.165, 1.54) is 20.3 Å². The zero-order valence-electron chi connectivity index (χ0n) is 16.5. The molecule has 2 aromatic carbocycles. The Bertz CT molecular complexity index is 859. The number of benzene rings is 2. The van der Waals surface area contributed by atoms with Crippen LogP contribution in [0.3, 0.4) is 0 Å². The topological polar surface area (TPSA) is 71.6 Å². The molecule has 28 heavy (non-hydrogen) atoms. The Hall–Kier alpha value is -2.64. The van der Waals surface area contributed by atoms with Gasteiger partial charge in [-0.25, -0.2) is 4.39 Å². The van der Waals surface area contributed by atoms with Gasteiger partial charge in [-0.15, -0.1) is 0 Å². The molecule has 0 saturated carbocycles. The molecular weight excluding hydrogens is 361 g/mol. The van der Waals surface area contributed by atoms with Crippen molar-refractivity contribution in [3.05, 3.63) is 58.9 Å². The largest absolute Gasteiger partial charge is 0.497 e. The summed E-state index contributed by atoms with van der Waals surface area (Å²) >= 11 is 0. The predicted octanol–water partition coefficient (Wildman–Crippen LogP) is 2.91. The molecule has 0 radical (unpaired) electrons. The van der Waals surface area contributed by atoms with Gasteiger partial charge in [-0.2, -0.15) is 0 Å². The highest BCUT2D eigenvalue weighted by molar-refractivity contribution is 5.97. The third-order valence-electron chi connectivity index (χ3n) is 5.17. The van der Waals surface area contributed by atoms with Gasteiger partial charge in [0.2, 0.25) is 0 Å². The summed E-state index contributed by atoms with van der Waals surface area (Å²) in [6.07, 6.45) is 0. The fourth-order valence-electron chi connectivity index (χ4n) is 3.47. The molecule has 1 amide bonds. The van der Waals surface area contributed by atoms with Crippen LogP contribution in [0, 0.1) is 5.82 Å². The molecule has 1 aliphatic rings. The van der Waals surface area contributed by atoms with E-state index in [2.05, 4.69) is 23.1 Å². The first-order chi connectivity index (χ1) is 13.4. The number of nitrogens with one attached hydrogen (secondary N) is 3. The van der Waals surface area contributed by atoms with Crippen molar-refractivity contribution < 1.29 is 18.7 Å². The Morgan fingerprint density at radius 1 is 1.21 bits per heavy atom. The van der Waals surface area contributed by atoms with Crippen LogP contribution in [0.2, 0.25) is 0 Å². The maximum Gasteiger partial charge on any atom is 0.255 e. The van der Waals surface area contributed by atoms with Crippen LogP contribution in [-0.4, -0.2) is 32.7 Å². The van der Waals surface area contributed by atoms with E-state index in [1.807, 2.05) is 12.1 Å². The Kier molecular flexibility index (Phi) is 6.16. The lowest BCUT2D eigenvalue weighted by Gasteiger charge is -2.19. The molecule has 0 bridgehead atoms. The van der Waals surface area contributed by atoms with Crippen LogP contribution >= 0.6 is 0 Å². The van der Waals surface area contributed by atoms with Crippen molar-refractivity contribution in [3.63, 3.8) is 0 Å². The van der Waals surface area contributed by atoms with E-state index in [4.69, 9.17) is 9.47 Å². The highest BCUT2D eigenvalue weighted by Crippen LogP contribution is 2.29. The van der Waals surface area contributed by atoms with Crippen molar-refractivity contribution in [1.29, 1.82) is 0 Å². The van der Waals surface area contributed by atoms with Crippen molar-refractivity contribution in [2.45, 2.75) is 31.8 Å². The molecule has 1 fully saturated rings. The maximum atomic E-state index is 14.2. The van der Waals surface area contributed by atoms with Crippen molar-refractivity contribution >= 4 is 5.91 Å². The molecule has 1 saturated heterocycles. The molecule has 3 N–H and O–H groups in total. The molecule has 2 aromatic rings. The van der Waals surface area contributed by atoms with Gasteiger partial charge in [0, 0.05) is 24.1 Å². The van der Waals surface area contributed by atoms with E-state index in [1.54, 1.807) is 25.1 Å². The van der Waals surface area contributed by atoms with Crippen LogP contribution in [0.4, 0.5) is 4.39 Å². The monoisotopic (exact) mass is 387 g/mol. The van der Waals surface area contributed by atoms with E-state index in [9.17, 15) is 9.18 Å². The van der Waals surface area contributed by atoms with Gasteiger partial charge in [-0.1, -0.05) is 6.07 Å². The molecule has 0 spiro atoms. The molecule has 1 heterocycles. The maximum absolute atomic E-state index is 14.2. The fraction of sp³-hybridized carbons (Fsp3) is 0.381. The number of hydrazine groups is 1. The van der Waals surface area contributed by atoms with Gasteiger partial charge in [0.1, 0.15) is 17.3 Å². The zero-order valence-corrected chi connectivity index (χ0v) is 16.5. The second-order valence-electron chi connectivity index (χ2n) is 6.96. The summed E-state index contributed by atoms with van der Waals surface area (Å²) in [6.45, 7) is 4.64. The molecule has 0 aromatic heterocycles. The van der Waals surface area contributed by atoms with Crippen molar-refractivity contribution in [1.82, 2.24) is 16.2 Å². The molecule has 1 aliphatic heterocycles. The quantitative estimate of drug-likeness (QED) is 0.711. The first-order valence-electron chi connectivity index (χ1n) is 9.25. The summed E-state index contributed by atoms with van der Waals surface area (Å²) in [6, 6.07) is 9.78. The number of rotatable bonds is 6. The van der Waals surface area contributed by atoms with E-state index in [0.717, 1.165) is 12.1 Å². The number of carbonyl (C=O) groups excluding carboxylic acids is 1. The summed E-state index contributed by atoms with van der Waals surface area (Å²) in [4.78, 5) is 12.8. The Labute approximate surface area is 164 Å². The van der Waals surface area contributed by atoms with Gasteiger partial charge in [0.15, 0.2) is 0 Å². The average molecular weight is 387 g/mol. The minimum atomic E-state index is -0.532. The minimum absolute atomic E-state index is 0.278. The zero-order chi connectivity index (χ0) is 20.3. The lowest BCUT2D eigenvalue weighted by Crippen LogP contribution is -2.28. The molecule has 6 nitrogen and oxygen atoms in total. The van der Waals surface area contributed by atoms with E-state index < -0.39 is 11.9 Å². The minimum Gasteiger partial charge on any atom is -0.497 e. The fourth-order valence-corrected chi connectivity index (χ4v) is 3.47. The number of ether oxygens (including phenoxy) is 2. The third-order valence-corrected chi connectivity index (χ3v) is 5.17. The van der Waals surface area contributed by atoms with Gasteiger partial charge >= 0.3 is 0 Å². The second-order valence-corrected chi connectivity index (χ2v) is 6.96. The number of carbonyl (C=O) groups is 1. The van der Waals surface area contributed by atoms with Gasteiger partial charge in [0.05, 0.1) is 25.8 Å². The highest BCUT2D eigenvalue weighted by atomic mass is 19.1. The van der Waals surface area contributed by atoms with Crippen molar-refractivity contribution in [2.75, 3.05) is 20.8 Å². The van der Waals surface area contributed by atoms with Gasteiger partial charge < -0.3 is 14.8 Å². The van der Waals surface area contributed by atoms with Gasteiger partial charge in [-0.05, 0) is 49.7 Å². The van der Waals surface area contributed by atoms with Crippen LogP contribution in [0.25, 0.3) is 0 Å². The van der Waals surface area contributed by atoms with E-state index in [0.29, 0.717) is 22.6 Å². The SMILES string of the molecule is COc1ccc(F)c(C(C)NC(=O)c2ccc(C3CNNC3C)cc2OC)c1. The standard InChI is InChI=1S/C21H26FN3O3/c1-12(17-10-15(27-3)6-8-19(17)22)24-21(26)16-7-5-14(9-20(16)28-4)18-11-23-25-13(18)2/h5-10,12-13,18,23,25H,11H2,1-4H3,(H,24,26). The lowest BCUT2D eigenvalue weighted by atomic mass is 9.93. The highest BCUT2D eigenvalue weighted by Gasteiger charge is 2.26. The van der Waals surface area contributed by atoms with Gasteiger partial charge in [0.25, 0.3) is 5.91 Å². The van der Waals surface area contributed by atoms with Crippen molar-refractivity contribution in [3.8, 4) is 11.5 Å². The van der Waals surface area contributed by atoms with Crippen LogP contribution in [-0.2, 0) is 0 Å². The number of hydrogen-bond acceptors (Lipinski definition) is 5. The second kappa shape index (κ2) is 8.58. The Morgan fingerprint density at radius 3 is 2.64 bits per heavy atom. The molecule has 3 unspecified atom stereocenters. The summed E-state index contributed by atoms with van der Waals surface area (Å²) in [5, 5.41) is 2.84. The molecule has 7 heteroatoms. The van der Waals surface area contributed by atoms with Crippen molar-refractivity contribution in [2.24, 2.45) is 0 Å². The van der Waals surface area contributed by atoms with Crippen LogP contribution in [0.15, 0.2) is 36.4 Å². The number of halogens is 1. The summed E-state index contributed by atoms with van der Waals surface area (Å²) < 4.78 is 24.8. The summed E-state index contributed by atoms with van der Waals surface area (Å²) in [7, 11) is 3.05. The first-order valence-corrected chi connectivity index (χ1v) is 9.25. The molecule has 3 atom stereocenters. The molecule has 0 aliphatic carbocycles. The number of hydrogen-bond donors (Lipinski definition) is 3. The van der Waals surface area contributed by atoms with Crippen LogP contribution < -0.4 is 25.6 Å². The normalized spacial score (nSPS) is 19.9. The van der Waals surface area contributed by atoms with Gasteiger partial charge in [-0.3, -0.25) is 15.6 Å². The number of methoxy groups -OCH3 is 2. The lowest BCUT2D eigenvalue weighted by molar-refractivity contribution is 0.0936. The average Bonchev–Trinajstić information content (AvgIpc) is 3.13. The molecule has 150 valence electrons. The smallest absolute Gasteiger partial charge is 0.255 e. The third kappa shape index (κ3) is 4.10. The summed E-state index contributed by atoms with van der Waals surface area (Å²) in [5.41, 5.74) is 8.18. The Morgan fingerprint density at radius 2 is 2.00 bits per heavy atom. The molecular formula is C21H26FN3O3. The predicted molar refractivity (Wildman–Crippen MR) is 105 cm³/mol. The van der Waals surface area contributed by atoms with Crippen LogP contribution in [0.5, 0.6) is 11.5 Å². The summed E-state index contributed by atoms with van der Waals surface area (Å²) in [5.74, 6) is 0.593. The Balaban J connectivity index is 1.80.